The van der Waals surface area contributed by atoms with E-state index in [1.54, 1.807) is 0 Å². The lowest BCUT2D eigenvalue weighted by atomic mass is 9.74. The maximum atomic E-state index is 5.01. The number of fused-ring (bicyclic) bond motifs is 3. The van der Waals surface area contributed by atoms with Gasteiger partial charge in [0, 0.05) is 56.5 Å². The van der Waals surface area contributed by atoms with Gasteiger partial charge >= 0.3 is 0 Å². The molecule has 0 aromatic carbocycles. The predicted molar refractivity (Wildman–Crippen MR) is 132 cm³/mol. The second-order valence-electron chi connectivity index (χ2n) is 9.96. The number of piperazine rings is 1. The fraction of sp³-hybridized carbons (Fsp3) is 0.520. The van der Waals surface area contributed by atoms with Gasteiger partial charge in [0.2, 0.25) is 5.95 Å². The van der Waals surface area contributed by atoms with Gasteiger partial charge in [-0.1, -0.05) is 27.7 Å². The van der Waals surface area contributed by atoms with Crippen LogP contribution < -0.4 is 15.5 Å². The van der Waals surface area contributed by atoms with Gasteiger partial charge in [-0.25, -0.2) is 15.0 Å². The molecular weight excluding hydrogens is 412 g/mol. The van der Waals surface area contributed by atoms with Crippen LogP contribution in [0.2, 0.25) is 0 Å². The van der Waals surface area contributed by atoms with Gasteiger partial charge in [-0.3, -0.25) is 4.68 Å². The number of aryl methyl sites for hydroxylation is 1. The van der Waals surface area contributed by atoms with Crippen LogP contribution in [0.1, 0.15) is 57.5 Å². The first-order valence-corrected chi connectivity index (χ1v) is 12.0. The van der Waals surface area contributed by atoms with Crippen LogP contribution in [-0.2, 0) is 18.4 Å². The Balaban J connectivity index is 1.48. The summed E-state index contributed by atoms with van der Waals surface area (Å²) in [4.78, 5) is 16.7. The Kier molecular flexibility index (Phi) is 5.56. The van der Waals surface area contributed by atoms with Crippen LogP contribution >= 0.6 is 0 Å². The van der Waals surface area contributed by atoms with Gasteiger partial charge in [0.1, 0.15) is 5.82 Å². The molecule has 8 nitrogen and oxygen atoms in total. The van der Waals surface area contributed by atoms with Crippen molar-refractivity contribution in [2.75, 3.05) is 36.4 Å². The number of nitrogens with one attached hydrogen (secondary N) is 2. The summed E-state index contributed by atoms with van der Waals surface area (Å²) in [5.74, 6) is 1.68. The van der Waals surface area contributed by atoms with Gasteiger partial charge in [0.05, 0.1) is 29.0 Å². The molecule has 1 aliphatic carbocycles. The zero-order chi connectivity index (χ0) is 23.2. The number of hydrogen-bond acceptors (Lipinski definition) is 7. The minimum atomic E-state index is -0.0643. The Morgan fingerprint density at radius 1 is 1.12 bits per heavy atom. The zero-order valence-electron chi connectivity index (χ0n) is 20.3. The van der Waals surface area contributed by atoms with Crippen molar-refractivity contribution in [3.05, 3.63) is 41.5 Å². The SMILES string of the molecule is CCn1nc2c(c1C(C)C)-c1nc(Nc3ccc(N4CCNCC4)cn3)ncc1C(C)(C)C2. The number of hydrogen-bond donors (Lipinski definition) is 2. The molecular formula is C25H34N8. The molecule has 0 bridgehead atoms. The molecule has 0 spiro atoms. The molecule has 3 aromatic heterocycles. The molecule has 5 rings (SSSR count). The van der Waals surface area contributed by atoms with Crippen LogP contribution in [0.15, 0.2) is 24.5 Å². The van der Waals surface area contributed by atoms with E-state index in [9.17, 15) is 0 Å². The van der Waals surface area contributed by atoms with Crippen LogP contribution in [0.25, 0.3) is 11.3 Å². The molecule has 3 aromatic rings. The molecule has 0 saturated carbocycles. The number of pyridine rings is 1. The smallest absolute Gasteiger partial charge is 0.228 e. The molecule has 2 aliphatic rings. The molecule has 0 atom stereocenters. The van der Waals surface area contributed by atoms with E-state index in [1.807, 2.05) is 18.5 Å². The third-order valence-corrected chi connectivity index (χ3v) is 6.74. The van der Waals surface area contributed by atoms with E-state index in [1.165, 1.54) is 16.8 Å². The summed E-state index contributed by atoms with van der Waals surface area (Å²) in [6, 6.07) is 4.12. The summed E-state index contributed by atoms with van der Waals surface area (Å²) < 4.78 is 2.14. The summed E-state index contributed by atoms with van der Waals surface area (Å²) in [5.41, 5.74) is 6.85. The second-order valence-corrected chi connectivity index (χ2v) is 9.96. The first kappa shape index (κ1) is 21.8. The quantitative estimate of drug-likeness (QED) is 0.616. The lowest BCUT2D eigenvalue weighted by Gasteiger charge is -2.31. The van der Waals surface area contributed by atoms with Crippen molar-refractivity contribution in [3.8, 4) is 11.3 Å². The Labute approximate surface area is 195 Å². The minimum Gasteiger partial charge on any atom is -0.368 e. The van der Waals surface area contributed by atoms with Crippen LogP contribution in [0, 0.1) is 0 Å². The zero-order valence-corrected chi connectivity index (χ0v) is 20.3. The molecule has 33 heavy (non-hydrogen) atoms. The van der Waals surface area contributed by atoms with Gasteiger partial charge < -0.3 is 15.5 Å². The normalized spacial score (nSPS) is 17.1. The van der Waals surface area contributed by atoms with Crippen LogP contribution in [0.4, 0.5) is 17.5 Å². The highest BCUT2D eigenvalue weighted by atomic mass is 15.3. The first-order valence-electron chi connectivity index (χ1n) is 12.0. The molecule has 174 valence electrons. The van der Waals surface area contributed by atoms with Crippen LogP contribution in [0.3, 0.4) is 0 Å². The first-order chi connectivity index (χ1) is 15.9. The molecule has 1 fully saturated rings. The Morgan fingerprint density at radius 3 is 2.58 bits per heavy atom. The summed E-state index contributed by atoms with van der Waals surface area (Å²) in [6.07, 6.45) is 4.80. The van der Waals surface area contributed by atoms with E-state index < -0.39 is 0 Å². The molecule has 1 aliphatic heterocycles. The summed E-state index contributed by atoms with van der Waals surface area (Å²) in [5, 5.41) is 11.7. The van der Waals surface area contributed by atoms with Gasteiger partial charge in [-0.05, 0) is 30.4 Å². The van der Waals surface area contributed by atoms with Crippen LogP contribution in [-0.4, -0.2) is 50.9 Å². The van der Waals surface area contributed by atoms with Crippen LogP contribution in [0.5, 0.6) is 0 Å². The van der Waals surface area contributed by atoms with Gasteiger partial charge in [-0.2, -0.15) is 5.10 Å². The van der Waals surface area contributed by atoms with Crippen molar-refractivity contribution in [1.82, 2.24) is 30.0 Å². The number of aromatic nitrogens is 5. The van der Waals surface area contributed by atoms with Crippen molar-refractivity contribution in [1.29, 1.82) is 0 Å². The third-order valence-electron chi connectivity index (χ3n) is 6.74. The van der Waals surface area contributed by atoms with Gasteiger partial charge in [0.25, 0.3) is 0 Å². The summed E-state index contributed by atoms with van der Waals surface area (Å²) >= 11 is 0. The summed E-state index contributed by atoms with van der Waals surface area (Å²) in [6.45, 7) is 16.0. The molecule has 8 heteroatoms. The van der Waals surface area contributed by atoms with E-state index in [0.717, 1.165) is 62.0 Å². The number of rotatable bonds is 5. The van der Waals surface area contributed by atoms with Gasteiger partial charge in [0.15, 0.2) is 0 Å². The predicted octanol–water partition coefficient (Wildman–Crippen LogP) is 3.87. The van der Waals surface area contributed by atoms with E-state index in [0.29, 0.717) is 11.9 Å². The molecule has 0 amide bonds. The van der Waals surface area contributed by atoms with E-state index in [4.69, 9.17) is 10.1 Å². The fourth-order valence-electron chi connectivity index (χ4n) is 5.06. The lowest BCUT2D eigenvalue weighted by Crippen LogP contribution is -2.43. The van der Waals surface area contributed by atoms with Crippen molar-refractivity contribution in [2.45, 2.75) is 58.9 Å². The molecule has 4 heterocycles. The summed E-state index contributed by atoms with van der Waals surface area (Å²) in [7, 11) is 0. The maximum Gasteiger partial charge on any atom is 0.228 e. The topological polar surface area (TPSA) is 83.8 Å². The molecule has 0 unspecified atom stereocenters. The van der Waals surface area contributed by atoms with E-state index >= 15 is 0 Å². The molecule has 1 saturated heterocycles. The lowest BCUT2D eigenvalue weighted by molar-refractivity contribution is 0.498. The average Bonchev–Trinajstić information content (AvgIpc) is 3.18. The minimum absolute atomic E-state index is 0.0643. The van der Waals surface area contributed by atoms with Gasteiger partial charge in [-0.15, -0.1) is 0 Å². The molecule has 0 radical (unpaired) electrons. The number of nitrogens with zero attached hydrogens (tertiary/aromatic N) is 6. The highest BCUT2D eigenvalue weighted by Crippen LogP contribution is 2.45. The number of anilines is 3. The monoisotopic (exact) mass is 446 g/mol. The highest BCUT2D eigenvalue weighted by molar-refractivity contribution is 5.74. The van der Waals surface area contributed by atoms with E-state index in [-0.39, 0.29) is 5.41 Å². The Bertz CT molecular complexity index is 1140. The van der Waals surface area contributed by atoms with Crippen molar-refractivity contribution in [2.24, 2.45) is 0 Å². The standard InChI is InChI=1S/C25H34N8/c1-6-33-23(16(2)3)21-19(31-33)13-25(4,5)18-15-28-24(30-22(18)21)29-20-8-7-17(14-27-20)32-11-9-26-10-12-32/h7-8,14-16,26H,6,9-13H2,1-5H3,(H,27,28,29,30). The average molecular weight is 447 g/mol. The fourth-order valence-corrected chi connectivity index (χ4v) is 5.06. The third kappa shape index (κ3) is 3.97. The highest BCUT2D eigenvalue weighted by Gasteiger charge is 2.37. The largest absolute Gasteiger partial charge is 0.368 e. The van der Waals surface area contributed by atoms with Crippen molar-refractivity contribution >= 4 is 17.5 Å². The molecule has 2 N–H and O–H groups in total. The van der Waals surface area contributed by atoms with Crippen molar-refractivity contribution < 1.29 is 0 Å². The maximum absolute atomic E-state index is 5.01. The van der Waals surface area contributed by atoms with E-state index in [2.05, 4.69) is 70.9 Å². The Morgan fingerprint density at radius 2 is 1.91 bits per heavy atom. The second kappa shape index (κ2) is 8.41. The Hall–Kier alpha value is -3.00. The van der Waals surface area contributed by atoms with Crippen molar-refractivity contribution in [3.63, 3.8) is 0 Å².